The molecular formula is C42H70N2. The molecule has 1 aliphatic carbocycles. The van der Waals surface area contributed by atoms with Crippen LogP contribution in [0.4, 0.5) is 0 Å². The van der Waals surface area contributed by atoms with Crippen LogP contribution in [0.25, 0.3) is 0 Å². The molecule has 0 aromatic heterocycles. The predicted molar refractivity (Wildman–Crippen MR) is 201 cm³/mol. The van der Waals surface area contributed by atoms with Crippen LogP contribution in [0.5, 0.6) is 0 Å². The van der Waals surface area contributed by atoms with Crippen molar-refractivity contribution < 1.29 is 0 Å². The largest absolute Gasteiger partial charge is 0.286 e. The topological polar surface area (TPSA) is 24.7 Å². The molecule has 0 aromatic carbocycles. The summed E-state index contributed by atoms with van der Waals surface area (Å²) in [7, 11) is 3.87. The van der Waals surface area contributed by atoms with Gasteiger partial charge in [-0.15, -0.1) is 0 Å². The van der Waals surface area contributed by atoms with E-state index in [2.05, 4.69) is 109 Å². The van der Waals surface area contributed by atoms with Gasteiger partial charge >= 0.3 is 0 Å². The Balaban J connectivity index is 3.88. The van der Waals surface area contributed by atoms with Gasteiger partial charge in [-0.2, -0.15) is 0 Å². The monoisotopic (exact) mass is 603 g/mol. The Morgan fingerprint density at radius 3 is 1.11 bits per heavy atom. The van der Waals surface area contributed by atoms with Crippen LogP contribution in [0, 0.1) is 10.8 Å². The van der Waals surface area contributed by atoms with E-state index in [9.17, 15) is 0 Å². The molecule has 44 heavy (non-hydrogen) atoms. The van der Waals surface area contributed by atoms with Crippen LogP contribution in [-0.4, -0.2) is 25.5 Å². The van der Waals surface area contributed by atoms with E-state index in [1.54, 1.807) is 0 Å². The zero-order valence-electron chi connectivity index (χ0n) is 32.1. The number of nitrogens with zero attached hydrogens (tertiary/aromatic N) is 2. The summed E-state index contributed by atoms with van der Waals surface area (Å²) in [6, 6.07) is 0. The lowest BCUT2D eigenvalue weighted by Crippen LogP contribution is -2.27. The van der Waals surface area contributed by atoms with Crippen molar-refractivity contribution >= 4 is 11.4 Å². The molecular weight excluding hydrogens is 532 g/mol. The Labute approximate surface area is 274 Å². The van der Waals surface area contributed by atoms with Gasteiger partial charge in [0.2, 0.25) is 0 Å². The minimum atomic E-state index is 0.141. The summed E-state index contributed by atoms with van der Waals surface area (Å²) < 4.78 is 0. The Hall–Kier alpha value is -2.22. The highest BCUT2D eigenvalue weighted by Gasteiger charge is 2.29. The summed E-state index contributed by atoms with van der Waals surface area (Å²) in [4.78, 5) is 9.86. The van der Waals surface area contributed by atoms with Crippen LogP contribution < -0.4 is 0 Å². The SMILES string of the molecule is CCCCCCC(/C=C(\C)C1=C(C)C(C)=C(/C(C)=C/C(CCCCCC)=C(\C)C(C)(C)C)C(=NC)C1=NC)=C(/C)C(C)(C)C. The van der Waals surface area contributed by atoms with Gasteiger partial charge in [0.15, 0.2) is 0 Å². The summed E-state index contributed by atoms with van der Waals surface area (Å²) in [6.07, 6.45) is 17.4. The van der Waals surface area contributed by atoms with Crippen molar-refractivity contribution in [2.75, 3.05) is 14.1 Å². The lowest BCUT2D eigenvalue weighted by molar-refractivity contribution is 0.495. The molecule has 2 nitrogen and oxygen atoms in total. The van der Waals surface area contributed by atoms with Gasteiger partial charge in [0.05, 0.1) is 11.4 Å². The number of hydrogen-bond acceptors (Lipinski definition) is 2. The van der Waals surface area contributed by atoms with Gasteiger partial charge in [0.25, 0.3) is 0 Å². The second kappa shape index (κ2) is 18.1. The van der Waals surface area contributed by atoms with Gasteiger partial charge in [-0.05, 0) is 111 Å². The molecule has 0 N–H and O–H groups in total. The van der Waals surface area contributed by atoms with Crippen LogP contribution in [0.1, 0.15) is 161 Å². The smallest absolute Gasteiger partial charge is 0.0906 e. The number of hydrogen-bond donors (Lipinski definition) is 0. The van der Waals surface area contributed by atoms with Gasteiger partial charge in [0.1, 0.15) is 0 Å². The molecule has 0 bridgehead atoms. The number of allylic oxidation sites excluding steroid dienone is 12. The highest BCUT2D eigenvalue weighted by Crippen LogP contribution is 2.38. The van der Waals surface area contributed by atoms with Crippen molar-refractivity contribution in [3.05, 3.63) is 67.9 Å². The third kappa shape index (κ3) is 11.0. The third-order valence-electron chi connectivity index (χ3n) is 9.84. The van der Waals surface area contributed by atoms with E-state index in [0.29, 0.717) is 0 Å². The molecule has 2 heteroatoms. The molecule has 0 aliphatic heterocycles. The fraction of sp³-hybridized carbons (Fsp3) is 0.667. The Bertz CT molecular complexity index is 1140. The Morgan fingerprint density at radius 2 is 0.864 bits per heavy atom. The van der Waals surface area contributed by atoms with Crippen LogP contribution in [0.3, 0.4) is 0 Å². The zero-order chi connectivity index (χ0) is 33.8. The lowest BCUT2D eigenvalue weighted by atomic mass is 9.77. The fourth-order valence-corrected chi connectivity index (χ4v) is 6.22. The van der Waals surface area contributed by atoms with E-state index in [-0.39, 0.29) is 10.8 Å². The maximum absolute atomic E-state index is 4.93. The molecule has 1 aliphatic rings. The molecule has 0 unspecified atom stereocenters. The van der Waals surface area contributed by atoms with E-state index in [4.69, 9.17) is 9.98 Å². The first kappa shape index (κ1) is 39.8. The van der Waals surface area contributed by atoms with Gasteiger partial charge in [0, 0.05) is 25.2 Å². The molecule has 0 saturated carbocycles. The first-order valence-corrected chi connectivity index (χ1v) is 17.6. The standard InChI is InChI=1S/C42H70N2/c1-17-19-21-23-25-35(33(7)41(9,10)11)27-29(3)37-31(5)32(6)38(40(44-16)39(37)43-15)30(4)28-36(26-24-22-20-18-2)34(8)42(12,13)14/h27-28H,17-26H2,1-16H3/b29-27+,30-28+,35-33+,36-34+,43-39?,44-40?. The Morgan fingerprint density at radius 1 is 0.545 bits per heavy atom. The molecule has 0 amide bonds. The molecule has 0 radical (unpaired) electrons. The average molecular weight is 603 g/mol. The van der Waals surface area contributed by atoms with E-state index in [0.717, 1.165) is 24.3 Å². The fourth-order valence-electron chi connectivity index (χ4n) is 6.22. The second-order valence-electron chi connectivity index (χ2n) is 15.2. The van der Waals surface area contributed by atoms with E-state index in [1.165, 1.54) is 107 Å². The number of aliphatic imine (C=N–C) groups is 2. The number of rotatable bonds is 14. The minimum Gasteiger partial charge on any atom is -0.286 e. The van der Waals surface area contributed by atoms with E-state index < -0.39 is 0 Å². The molecule has 0 fully saturated rings. The van der Waals surface area contributed by atoms with Crippen LogP contribution in [0.15, 0.2) is 77.9 Å². The Kier molecular flexibility index (Phi) is 16.3. The average Bonchev–Trinajstić information content (AvgIpc) is 2.94. The normalized spacial score (nSPS) is 18.9. The van der Waals surface area contributed by atoms with Crippen molar-refractivity contribution in [1.82, 2.24) is 0 Å². The van der Waals surface area contributed by atoms with Crippen molar-refractivity contribution in [2.24, 2.45) is 20.8 Å². The quantitative estimate of drug-likeness (QED) is 0.107. The van der Waals surface area contributed by atoms with E-state index >= 15 is 0 Å². The predicted octanol–water partition coefficient (Wildman–Crippen LogP) is 13.3. The molecule has 0 aromatic rings. The summed E-state index contributed by atoms with van der Waals surface area (Å²) in [5.41, 5.74) is 16.0. The molecule has 0 atom stereocenters. The van der Waals surface area contributed by atoms with Crippen molar-refractivity contribution in [1.29, 1.82) is 0 Å². The minimum absolute atomic E-state index is 0.141. The molecule has 1 rings (SSSR count). The zero-order valence-corrected chi connectivity index (χ0v) is 32.1. The highest BCUT2D eigenvalue weighted by molar-refractivity contribution is 6.56. The third-order valence-corrected chi connectivity index (χ3v) is 9.84. The van der Waals surface area contributed by atoms with Gasteiger partial charge < -0.3 is 0 Å². The van der Waals surface area contributed by atoms with Crippen molar-refractivity contribution in [3.63, 3.8) is 0 Å². The maximum atomic E-state index is 4.93. The second-order valence-corrected chi connectivity index (χ2v) is 15.2. The lowest BCUT2D eigenvalue weighted by Gasteiger charge is -2.29. The van der Waals surface area contributed by atoms with Crippen LogP contribution >= 0.6 is 0 Å². The number of unbranched alkanes of at least 4 members (excludes halogenated alkanes) is 6. The van der Waals surface area contributed by atoms with Gasteiger partial charge in [-0.1, -0.05) is 117 Å². The van der Waals surface area contributed by atoms with Crippen LogP contribution in [-0.2, 0) is 0 Å². The highest BCUT2D eigenvalue weighted by atomic mass is 14.8. The first-order valence-electron chi connectivity index (χ1n) is 17.6. The molecule has 0 heterocycles. The first-order chi connectivity index (χ1) is 20.5. The van der Waals surface area contributed by atoms with Crippen molar-refractivity contribution in [2.45, 2.75) is 161 Å². The molecule has 248 valence electrons. The summed E-state index contributed by atoms with van der Waals surface area (Å²) in [5, 5.41) is 0. The van der Waals surface area contributed by atoms with E-state index in [1.807, 2.05) is 14.1 Å². The summed E-state index contributed by atoms with van der Waals surface area (Å²) in [6.45, 7) is 32.4. The molecule has 0 saturated heterocycles. The molecule has 0 spiro atoms. The van der Waals surface area contributed by atoms with Gasteiger partial charge in [-0.25, -0.2) is 0 Å². The van der Waals surface area contributed by atoms with Gasteiger partial charge in [-0.3, -0.25) is 9.98 Å². The summed E-state index contributed by atoms with van der Waals surface area (Å²) in [5.74, 6) is 0. The maximum Gasteiger partial charge on any atom is 0.0906 e. The van der Waals surface area contributed by atoms with Crippen LogP contribution in [0.2, 0.25) is 0 Å². The van der Waals surface area contributed by atoms with Crippen molar-refractivity contribution in [3.8, 4) is 0 Å². The summed E-state index contributed by atoms with van der Waals surface area (Å²) >= 11 is 0.